The summed E-state index contributed by atoms with van der Waals surface area (Å²) in [6.45, 7) is 8.13. The highest BCUT2D eigenvalue weighted by Crippen LogP contribution is 2.17. The van der Waals surface area contributed by atoms with Crippen LogP contribution in [-0.2, 0) is 9.47 Å². The molecule has 1 heterocycles. The van der Waals surface area contributed by atoms with Gasteiger partial charge in [-0.2, -0.15) is 0 Å². The molecule has 0 saturated heterocycles. The van der Waals surface area contributed by atoms with E-state index in [1.165, 1.54) is 6.33 Å². The van der Waals surface area contributed by atoms with Crippen molar-refractivity contribution >= 4 is 11.5 Å². The Balaban J connectivity index is 2.60. The number of ether oxygens (including phenoxy) is 2. The van der Waals surface area contributed by atoms with E-state index < -0.39 is 0 Å². The van der Waals surface area contributed by atoms with Crippen LogP contribution in [-0.4, -0.2) is 49.5 Å². The predicted octanol–water partition coefficient (Wildman–Crippen LogP) is 0.938. The van der Waals surface area contributed by atoms with Gasteiger partial charge in [-0.1, -0.05) is 0 Å². The van der Waals surface area contributed by atoms with Crippen molar-refractivity contribution in [3.63, 3.8) is 0 Å². The third-order valence-corrected chi connectivity index (χ3v) is 2.44. The Morgan fingerprint density at radius 3 is 2.28 bits per heavy atom. The summed E-state index contributed by atoms with van der Waals surface area (Å²) >= 11 is 0. The lowest BCUT2D eigenvalue weighted by Gasteiger charge is -2.24. The van der Waals surface area contributed by atoms with Crippen LogP contribution in [0, 0.1) is 0 Å². The molecule has 0 spiro atoms. The quantitative estimate of drug-likeness (QED) is 0.661. The summed E-state index contributed by atoms with van der Waals surface area (Å²) in [5.74, 6) is 0.740. The van der Waals surface area contributed by atoms with E-state index in [2.05, 4.69) is 14.9 Å². The zero-order valence-electron chi connectivity index (χ0n) is 11.1. The first-order valence-electron chi connectivity index (χ1n) is 6.25. The Kier molecular flexibility index (Phi) is 7.05. The van der Waals surface area contributed by atoms with Gasteiger partial charge in [-0.25, -0.2) is 9.97 Å². The highest BCUT2D eigenvalue weighted by molar-refractivity contribution is 5.60. The second-order valence-electron chi connectivity index (χ2n) is 3.68. The molecule has 0 fully saturated rings. The molecule has 1 rings (SSSR count). The van der Waals surface area contributed by atoms with E-state index in [4.69, 9.17) is 15.2 Å². The van der Waals surface area contributed by atoms with Crippen molar-refractivity contribution in [2.75, 3.05) is 50.2 Å². The predicted molar refractivity (Wildman–Crippen MR) is 71.6 cm³/mol. The Bertz CT molecular complexity index is 326. The largest absolute Gasteiger partial charge is 0.394 e. The second kappa shape index (κ2) is 8.66. The minimum Gasteiger partial charge on any atom is -0.394 e. The number of anilines is 2. The van der Waals surface area contributed by atoms with Crippen LogP contribution < -0.4 is 10.6 Å². The maximum atomic E-state index is 5.88. The minimum absolute atomic E-state index is 0.575. The highest BCUT2D eigenvalue weighted by atomic mass is 16.5. The fourth-order valence-corrected chi connectivity index (χ4v) is 1.56. The fraction of sp³-hybridized carbons (Fsp3) is 0.667. The van der Waals surface area contributed by atoms with E-state index >= 15 is 0 Å². The second-order valence-corrected chi connectivity index (χ2v) is 3.68. The third-order valence-electron chi connectivity index (χ3n) is 2.44. The molecule has 1 aromatic rings. The van der Waals surface area contributed by atoms with Gasteiger partial charge in [0.1, 0.15) is 6.33 Å². The van der Waals surface area contributed by atoms with Gasteiger partial charge >= 0.3 is 0 Å². The van der Waals surface area contributed by atoms with Gasteiger partial charge in [0.25, 0.3) is 0 Å². The molecule has 0 aromatic carbocycles. The first-order chi connectivity index (χ1) is 8.79. The van der Waals surface area contributed by atoms with Crippen LogP contribution in [0.5, 0.6) is 0 Å². The van der Waals surface area contributed by atoms with Crippen molar-refractivity contribution in [3.8, 4) is 0 Å². The van der Waals surface area contributed by atoms with Crippen LogP contribution in [0.15, 0.2) is 12.5 Å². The van der Waals surface area contributed by atoms with E-state index in [1.807, 2.05) is 13.8 Å². The average molecular weight is 254 g/mol. The van der Waals surface area contributed by atoms with Crippen molar-refractivity contribution in [2.45, 2.75) is 13.8 Å². The fourth-order valence-electron chi connectivity index (χ4n) is 1.56. The topological polar surface area (TPSA) is 73.5 Å². The van der Waals surface area contributed by atoms with Crippen molar-refractivity contribution in [3.05, 3.63) is 12.5 Å². The van der Waals surface area contributed by atoms with Crippen LogP contribution in [0.2, 0.25) is 0 Å². The van der Waals surface area contributed by atoms with Crippen molar-refractivity contribution in [2.24, 2.45) is 0 Å². The zero-order chi connectivity index (χ0) is 13.2. The van der Waals surface area contributed by atoms with E-state index in [9.17, 15) is 0 Å². The van der Waals surface area contributed by atoms with E-state index in [1.54, 1.807) is 6.20 Å². The molecule has 18 heavy (non-hydrogen) atoms. The molecule has 6 heteroatoms. The van der Waals surface area contributed by atoms with Crippen molar-refractivity contribution < 1.29 is 9.47 Å². The van der Waals surface area contributed by atoms with Gasteiger partial charge in [-0.05, 0) is 13.8 Å². The Morgan fingerprint density at radius 2 is 1.78 bits per heavy atom. The van der Waals surface area contributed by atoms with Gasteiger partial charge in [-0.15, -0.1) is 0 Å². The van der Waals surface area contributed by atoms with E-state index in [0.29, 0.717) is 32.1 Å². The smallest absolute Gasteiger partial charge is 0.155 e. The molecule has 0 atom stereocenters. The van der Waals surface area contributed by atoms with E-state index in [-0.39, 0.29) is 0 Å². The minimum atomic E-state index is 0.575. The molecule has 2 N–H and O–H groups in total. The van der Waals surface area contributed by atoms with Gasteiger partial charge < -0.3 is 20.1 Å². The molecule has 0 unspecified atom stereocenters. The van der Waals surface area contributed by atoms with Crippen LogP contribution in [0.1, 0.15) is 13.8 Å². The van der Waals surface area contributed by atoms with Gasteiger partial charge in [0.2, 0.25) is 0 Å². The van der Waals surface area contributed by atoms with Crippen LogP contribution >= 0.6 is 0 Å². The molecule has 0 amide bonds. The lowest BCUT2D eigenvalue weighted by molar-refractivity contribution is 0.141. The molecule has 1 aromatic heterocycles. The monoisotopic (exact) mass is 254 g/mol. The molecule has 0 aliphatic heterocycles. The standard InChI is InChI=1S/C12H22N4O2/c1-3-17-7-5-16(6-8-18-4-2)12-11(13)9-14-10-15-12/h9-10H,3-8,13H2,1-2H3. The third kappa shape index (κ3) is 4.85. The molecular weight excluding hydrogens is 232 g/mol. The normalized spacial score (nSPS) is 10.6. The summed E-state index contributed by atoms with van der Waals surface area (Å²) in [7, 11) is 0. The number of rotatable bonds is 9. The maximum Gasteiger partial charge on any atom is 0.155 e. The van der Waals surface area contributed by atoms with Crippen molar-refractivity contribution in [1.29, 1.82) is 0 Å². The summed E-state index contributed by atoms with van der Waals surface area (Å²) in [6, 6.07) is 0. The Morgan fingerprint density at radius 1 is 1.17 bits per heavy atom. The number of hydrogen-bond acceptors (Lipinski definition) is 6. The molecule has 102 valence electrons. The number of nitrogen functional groups attached to an aromatic ring is 1. The molecule has 0 radical (unpaired) electrons. The number of nitrogens with zero attached hydrogens (tertiary/aromatic N) is 3. The Labute approximate surface area is 108 Å². The summed E-state index contributed by atoms with van der Waals surface area (Å²) in [6.07, 6.45) is 3.11. The van der Waals surface area contributed by atoms with Gasteiger partial charge in [0.15, 0.2) is 5.82 Å². The number of hydrogen-bond donors (Lipinski definition) is 1. The lowest BCUT2D eigenvalue weighted by Crippen LogP contribution is -2.32. The molecule has 0 saturated carbocycles. The lowest BCUT2D eigenvalue weighted by atomic mass is 10.4. The number of nitrogens with two attached hydrogens (primary N) is 1. The summed E-state index contributed by atoms with van der Waals surface area (Å²) in [5, 5.41) is 0. The van der Waals surface area contributed by atoms with Gasteiger partial charge in [0, 0.05) is 26.3 Å². The average Bonchev–Trinajstić information content (AvgIpc) is 2.38. The van der Waals surface area contributed by atoms with Crippen molar-refractivity contribution in [1.82, 2.24) is 9.97 Å². The Hall–Kier alpha value is -1.40. The summed E-state index contributed by atoms with van der Waals surface area (Å²) in [4.78, 5) is 10.2. The molecule has 0 bridgehead atoms. The molecule has 0 aliphatic rings. The van der Waals surface area contributed by atoms with Crippen LogP contribution in [0.25, 0.3) is 0 Å². The van der Waals surface area contributed by atoms with Gasteiger partial charge in [-0.3, -0.25) is 0 Å². The molecular formula is C12H22N4O2. The first-order valence-corrected chi connectivity index (χ1v) is 6.25. The number of aromatic nitrogens is 2. The first kappa shape index (κ1) is 14.7. The molecule has 6 nitrogen and oxygen atoms in total. The summed E-state index contributed by atoms with van der Waals surface area (Å²) in [5.41, 5.74) is 6.46. The zero-order valence-corrected chi connectivity index (χ0v) is 11.1. The molecule has 0 aliphatic carbocycles. The SMILES string of the molecule is CCOCCN(CCOCC)c1ncncc1N. The highest BCUT2D eigenvalue weighted by Gasteiger charge is 2.11. The summed E-state index contributed by atoms with van der Waals surface area (Å²) < 4.78 is 10.7. The maximum absolute atomic E-state index is 5.88. The van der Waals surface area contributed by atoms with Gasteiger partial charge in [0.05, 0.1) is 25.1 Å². The van der Waals surface area contributed by atoms with Crippen LogP contribution in [0.4, 0.5) is 11.5 Å². The van der Waals surface area contributed by atoms with E-state index in [0.717, 1.165) is 18.9 Å². The van der Waals surface area contributed by atoms with Crippen LogP contribution in [0.3, 0.4) is 0 Å².